The van der Waals surface area contributed by atoms with Gasteiger partial charge in [-0.25, -0.2) is 0 Å². The Balaban J connectivity index is 1.91. The zero-order chi connectivity index (χ0) is 14.1. The highest BCUT2D eigenvalue weighted by atomic mass is 16.5. The Hall–Kier alpha value is -0.120. The molecule has 1 aliphatic carbocycles. The molecule has 0 heterocycles. The lowest BCUT2D eigenvalue weighted by Crippen LogP contribution is -2.34. The number of hydrogen-bond donors (Lipinski definition) is 2. The first-order valence-corrected chi connectivity index (χ1v) is 8.06. The zero-order valence-electron chi connectivity index (χ0n) is 13.0. The van der Waals surface area contributed by atoms with Crippen molar-refractivity contribution in [1.82, 2.24) is 5.32 Å². The standard InChI is InChI=1S/C16H33NO2/c1-13(2)6-5-9-19-12-16(18)11-17-10-15-8-4-7-14(15)3/h13-18H,4-12H2,1-3H3. The SMILES string of the molecule is CC(C)CCCOCC(O)CNCC1CCCC1C. The summed E-state index contributed by atoms with van der Waals surface area (Å²) in [6.07, 6.45) is 6.01. The van der Waals surface area contributed by atoms with Crippen molar-refractivity contribution < 1.29 is 9.84 Å². The van der Waals surface area contributed by atoms with E-state index in [2.05, 4.69) is 26.1 Å². The van der Waals surface area contributed by atoms with Gasteiger partial charge in [-0.2, -0.15) is 0 Å². The number of rotatable bonds is 10. The van der Waals surface area contributed by atoms with E-state index in [0.717, 1.165) is 37.3 Å². The molecule has 0 aromatic carbocycles. The molecule has 3 atom stereocenters. The van der Waals surface area contributed by atoms with Crippen molar-refractivity contribution in [3.8, 4) is 0 Å². The van der Waals surface area contributed by atoms with Crippen molar-refractivity contribution >= 4 is 0 Å². The summed E-state index contributed by atoms with van der Waals surface area (Å²) in [6.45, 7) is 9.73. The summed E-state index contributed by atoms with van der Waals surface area (Å²) in [7, 11) is 0. The minimum Gasteiger partial charge on any atom is -0.389 e. The van der Waals surface area contributed by atoms with Gasteiger partial charge in [0.05, 0.1) is 12.7 Å². The monoisotopic (exact) mass is 271 g/mol. The van der Waals surface area contributed by atoms with Gasteiger partial charge in [-0.05, 0) is 43.6 Å². The highest BCUT2D eigenvalue weighted by Crippen LogP contribution is 2.30. The smallest absolute Gasteiger partial charge is 0.0897 e. The van der Waals surface area contributed by atoms with Crippen molar-refractivity contribution in [3.63, 3.8) is 0 Å². The molecular weight excluding hydrogens is 238 g/mol. The fourth-order valence-corrected chi connectivity index (χ4v) is 2.83. The molecule has 1 saturated carbocycles. The first-order valence-electron chi connectivity index (χ1n) is 8.06. The van der Waals surface area contributed by atoms with Gasteiger partial charge in [0, 0.05) is 13.2 Å². The number of ether oxygens (including phenoxy) is 1. The van der Waals surface area contributed by atoms with Crippen molar-refractivity contribution in [1.29, 1.82) is 0 Å². The van der Waals surface area contributed by atoms with Crippen LogP contribution in [0.15, 0.2) is 0 Å². The second kappa shape index (κ2) is 9.73. The summed E-state index contributed by atoms with van der Waals surface area (Å²) in [6, 6.07) is 0. The first kappa shape index (κ1) is 16.9. The second-order valence-corrected chi connectivity index (χ2v) is 6.59. The van der Waals surface area contributed by atoms with E-state index in [9.17, 15) is 5.11 Å². The van der Waals surface area contributed by atoms with Crippen LogP contribution in [0.1, 0.15) is 52.9 Å². The first-order chi connectivity index (χ1) is 9.09. The van der Waals surface area contributed by atoms with Crippen LogP contribution in [0.4, 0.5) is 0 Å². The van der Waals surface area contributed by atoms with Gasteiger partial charge >= 0.3 is 0 Å². The summed E-state index contributed by atoms with van der Waals surface area (Å²) in [5.41, 5.74) is 0. The largest absolute Gasteiger partial charge is 0.389 e. The lowest BCUT2D eigenvalue weighted by molar-refractivity contribution is 0.0342. The molecule has 0 spiro atoms. The molecule has 0 radical (unpaired) electrons. The molecule has 1 fully saturated rings. The lowest BCUT2D eigenvalue weighted by atomic mass is 9.98. The minimum absolute atomic E-state index is 0.365. The van der Waals surface area contributed by atoms with Crippen LogP contribution in [-0.2, 0) is 4.74 Å². The Kier molecular flexibility index (Phi) is 8.67. The number of aliphatic hydroxyl groups excluding tert-OH is 1. The van der Waals surface area contributed by atoms with Crippen LogP contribution < -0.4 is 5.32 Å². The fraction of sp³-hybridized carbons (Fsp3) is 1.00. The molecule has 0 amide bonds. The molecule has 3 unspecified atom stereocenters. The summed E-state index contributed by atoms with van der Waals surface area (Å²) in [5.74, 6) is 2.39. The molecule has 0 bridgehead atoms. The maximum atomic E-state index is 9.81. The molecule has 3 heteroatoms. The average Bonchev–Trinajstić information content (AvgIpc) is 2.74. The Morgan fingerprint density at radius 3 is 2.74 bits per heavy atom. The molecule has 1 aliphatic rings. The van der Waals surface area contributed by atoms with Crippen LogP contribution in [-0.4, -0.2) is 37.5 Å². The number of nitrogens with one attached hydrogen (secondary N) is 1. The minimum atomic E-state index is -0.365. The van der Waals surface area contributed by atoms with Gasteiger partial charge in [0.1, 0.15) is 0 Å². The van der Waals surface area contributed by atoms with E-state index in [4.69, 9.17) is 4.74 Å². The maximum Gasteiger partial charge on any atom is 0.0897 e. The number of hydrogen-bond acceptors (Lipinski definition) is 3. The topological polar surface area (TPSA) is 41.5 Å². The second-order valence-electron chi connectivity index (χ2n) is 6.59. The third-order valence-electron chi connectivity index (χ3n) is 4.21. The fourth-order valence-electron chi connectivity index (χ4n) is 2.83. The van der Waals surface area contributed by atoms with Crippen molar-refractivity contribution in [3.05, 3.63) is 0 Å². The maximum absolute atomic E-state index is 9.81. The van der Waals surface area contributed by atoms with Gasteiger partial charge in [-0.1, -0.05) is 33.6 Å². The van der Waals surface area contributed by atoms with E-state index >= 15 is 0 Å². The molecule has 0 aromatic rings. The molecule has 0 aliphatic heterocycles. The third-order valence-corrected chi connectivity index (χ3v) is 4.21. The number of aliphatic hydroxyl groups is 1. The van der Waals surface area contributed by atoms with Crippen LogP contribution in [0.5, 0.6) is 0 Å². The lowest BCUT2D eigenvalue weighted by Gasteiger charge is -2.18. The van der Waals surface area contributed by atoms with Gasteiger partial charge in [-0.3, -0.25) is 0 Å². The Morgan fingerprint density at radius 2 is 2.11 bits per heavy atom. The van der Waals surface area contributed by atoms with E-state index in [1.54, 1.807) is 0 Å². The molecule has 19 heavy (non-hydrogen) atoms. The van der Waals surface area contributed by atoms with Gasteiger partial charge in [0.25, 0.3) is 0 Å². The highest BCUT2D eigenvalue weighted by molar-refractivity contribution is 4.76. The van der Waals surface area contributed by atoms with Crippen LogP contribution >= 0.6 is 0 Å². The summed E-state index contributed by atoms with van der Waals surface area (Å²) in [5, 5.41) is 13.2. The molecule has 3 nitrogen and oxygen atoms in total. The normalized spacial score (nSPS) is 25.1. The van der Waals surface area contributed by atoms with Crippen LogP contribution in [0, 0.1) is 17.8 Å². The summed E-state index contributed by atoms with van der Waals surface area (Å²) in [4.78, 5) is 0. The highest BCUT2D eigenvalue weighted by Gasteiger charge is 2.22. The molecule has 114 valence electrons. The van der Waals surface area contributed by atoms with E-state index in [1.807, 2.05) is 0 Å². The predicted octanol–water partition coefficient (Wildman–Crippen LogP) is 2.83. The summed E-state index contributed by atoms with van der Waals surface area (Å²) >= 11 is 0. The van der Waals surface area contributed by atoms with Gasteiger partial charge in [0.15, 0.2) is 0 Å². The van der Waals surface area contributed by atoms with Gasteiger partial charge < -0.3 is 15.2 Å². The third kappa shape index (κ3) is 7.91. The summed E-state index contributed by atoms with van der Waals surface area (Å²) < 4.78 is 5.50. The quantitative estimate of drug-likeness (QED) is 0.600. The van der Waals surface area contributed by atoms with Gasteiger partial charge in [-0.15, -0.1) is 0 Å². The van der Waals surface area contributed by atoms with E-state index in [-0.39, 0.29) is 6.10 Å². The molecule has 2 N–H and O–H groups in total. The van der Waals surface area contributed by atoms with Crippen molar-refractivity contribution in [2.75, 3.05) is 26.3 Å². The van der Waals surface area contributed by atoms with Gasteiger partial charge in [0.2, 0.25) is 0 Å². The van der Waals surface area contributed by atoms with E-state index in [0.29, 0.717) is 13.2 Å². The Labute approximate surface area is 119 Å². The van der Waals surface area contributed by atoms with E-state index in [1.165, 1.54) is 25.7 Å². The average molecular weight is 271 g/mol. The molecule has 0 saturated heterocycles. The Bertz CT molecular complexity index is 221. The van der Waals surface area contributed by atoms with Crippen LogP contribution in [0.3, 0.4) is 0 Å². The van der Waals surface area contributed by atoms with Crippen LogP contribution in [0.2, 0.25) is 0 Å². The van der Waals surface area contributed by atoms with Crippen molar-refractivity contribution in [2.24, 2.45) is 17.8 Å². The molecular formula is C16H33NO2. The van der Waals surface area contributed by atoms with Crippen LogP contribution in [0.25, 0.3) is 0 Å². The predicted molar refractivity (Wildman–Crippen MR) is 80.3 cm³/mol. The zero-order valence-corrected chi connectivity index (χ0v) is 13.0. The van der Waals surface area contributed by atoms with Crippen molar-refractivity contribution in [2.45, 2.75) is 59.0 Å². The Morgan fingerprint density at radius 1 is 1.32 bits per heavy atom. The van der Waals surface area contributed by atoms with E-state index < -0.39 is 0 Å². The molecule has 1 rings (SSSR count). The molecule has 0 aromatic heterocycles.